The molecule has 1 aromatic carbocycles. The van der Waals surface area contributed by atoms with Crippen LogP contribution in [-0.2, 0) is 19.0 Å². The summed E-state index contributed by atoms with van der Waals surface area (Å²) in [5.74, 6) is 0.275. The van der Waals surface area contributed by atoms with Crippen molar-refractivity contribution in [3.8, 4) is 5.75 Å². The number of aliphatic hydroxyl groups is 5. The summed E-state index contributed by atoms with van der Waals surface area (Å²) < 4.78 is 22.3. The van der Waals surface area contributed by atoms with Crippen LogP contribution in [0.4, 0.5) is 5.69 Å². The van der Waals surface area contributed by atoms with Crippen LogP contribution < -0.4 is 10.1 Å². The van der Waals surface area contributed by atoms with Crippen LogP contribution in [0.1, 0.15) is 6.92 Å². The van der Waals surface area contributed by atoms with Gasteiger partial charge >= 0.3 is 0 Å². The molecule has 1 amide bonds. The standard InChI is InChI=1S/C20H27NO10/c1-10(24)21-11-2-4-12(5-3-11)28-16-7-6-13(14(8-22)29-16)30-20-19(27)18(26)17(25)15(9-23)31-20/h2-7,13-20,22-23,25-27H,8-9H2,1H3,(H,21,24)/t13-,14?,15?,16-,17+,18-,19+,20?/m0/s1. The van der Waals surface area contributed by atoms with Gasteiger partial charge in [-0.2, -0.15) is 0 Å². The summed E-state index contributed by atoms with van der Waals surface area (Å²) >= 11 is 0. The summed E-state index contributed by atoms with van der Waals surface area (Å²) in [7, 11) is 0. The maximum absolute atomic E-state index is 11.1. The first kappa shape index (κ1) is 23.6. The van der Waals surface area contributed by atoms with E-state index in [-0.39, 0.29) is 5.91 Å². The highest BCUT2D eigenvalue weighted by atomic mass is 16.7. The van der Waals surface area contributed by atoms with Crippen molar-refractivity contribution >= 4 is 11.6 Å². The molecule has 1 fully saturated rings. The number of hydrogen-bond acceptors (Lipinski definition) is 10. The number of rotatable bonds is 7. The Morgan fingerprint density at radius 2 is 1.65 bits per heavy atom. The first-order valence-corrected chi connectivity index (χ1v) is 9.77. The average molecular weight is 441 g/mol. The molecule has 0 saturated carbocycles. The van der Waals surface area contributed by atoms with Crippen molar-refractivity contribution in [1.82, 2.24) is 0 Å². The zero-order valence-corrected chi connectivity index (χ0v) is 16.8. The topological polar surface area (TPSA) is 167 Å². The molecule has 0 aliphatic carbocycles. The van der Waals surface area contributed by atoms with E-state index in [4.69, 9.17) is 18.9 Å². The third kappa shape index (κ3) is 5.79. The number of hydrogen-bond donors (Lipinski definition) is 6. The van der Waals surface area contributed by atoms with Gasteiger partial charge in [0.1, 0.15) is 42.4 Å². The molecule has 6 N–H and O–H groups in total. The van der Waals surface area contributed by atoms with Crippen LogP contribution >= 0.6 is 0 Å². The molecule has 2 aliphatic rings. The third-order valence-electron chi connectivity index (χ3n) is 4.88. The fourth-order valence-electron chi connectivity index (χ4n) is 3.26. The van der Waals surface area contributed by atoms with E-state index >= 15 is 0 Å². The Bertz CT molecular complexity index is 755. The van der Waals surface area contributed by atoms with Gasteiger partial charge in [0, 0.05) is 12.6 Å². The molecule has 0 bridgehead atoms. The summed E-state index contributed by atoms with van der Waals surface area (Å²) in [6.07, 6.45) is -6.57. The second kappa shape index (κ2) is 10.5. The zero-order valence-electron chi connectivity index (χ0n) is 16.8. The second-order valence-electron chi connectivity index (χ2n) is 7.23. The molecule has 0 aromatic heterocycles. The van der Waals surface area contributed by atoms with Crippen molar-refractivity contribution < 1.29 is 49.3 Å². The molecule has 0 radical (unpaired) electrons. The second-order valence-corrected chi connectivity index (χ2v) is 7.23. The highest BCUT2D eigenvalue weighted by molar-refractivity contribution is 5.88. The van der Waals surface area contributed by atoms with E-state index in [9.17, 15) is 30.3 Å². The number of aliphatic hydroxyl groups excluding tert-OH is 5. The molecule has 2 aliphatic heterocycles. The van der Waals surface area contributed by atoms with Crippen molar-refractivity contribution in [3.05, 3.63) is 36.4 Å². The lowest BCUT2D eigenvalue weighted by Crippen LogP contribution is -2.60. The van der Waals surface area contributed by atoms with E-state index in [0.717, 1.165) is 0 Å². The molecular formula is C20H27NO10. The number of nitrogens with one attached hydrogen (secondary N) is 1. The van der Waals surface area contributed by atoms with Crippen LogP contribution in [0.5, 0.6) is 5.75 Å². The van der Waals surface area contributed by atoms with E-state index in [1.165, 1.54) is 6.92 Å². The summed E-state index contributed by atoms with van der Waals surface area (Å²) in [5.41, 5.74) is 0.612. The Hall–Kier alpha value is -2.09. The van der Waals surface area contributed by atoms with Crippen molar-refractivity contribution in [2.45, 2.75) is 56.1 Å². The van der Waals surface area contributed by atoms with Crippen LogP contribution in [0.3, 0.4) is 0 Å². The van der Waals surface area contributed by atoms with Crippen LogP contribution in [0.15, 0.2) is 36.4 Å². The number of carbonyl (C=O) groups is 1. The number of ether oxygens (including phenoxy) is 4. The first-order chi connectivity index (χ1) is 14.8. The van der Waals surface area contributed by atoms with Gasteiger partial charge in [-0.1, -0.05) is 6.08 Å². The van der Waals surface area contributed by atoms with Gasteiger partial charge in [-0.3, -0.25) is 4.79 Å². The van der Waals surface area contributed by atoms with Crippen molar-refractivity contribution in [3.63, 3.8) is 0 Å². The minimum atomic E-state index is -1.58. The van der Waals surface area contributed by atoms with Crippen LogP contribution in [0.2, 0.25) is 0 Å². The molecule has 3 rings (SSSR count). The molecular weight excluding hydrogens is 414 g/mol. The molecule has 2 heterocycles. The Morgan fingerprint density at radius 1 is 0.968 bits per heavy atom. The monoisotopic (exact) mass is 441 g/mol. The largest absolute Gasteiger partial charge is 0.461 e. The third-order valence-corrected chi connectivity index (χ3v) is 4.88. The highest BCUT2D eigenvalue weighted by Gasteiger charge is 2.45. The lowest BCUT2D eigenvalue weighted by molar-refractivity contribution is -0.317. The van der Waals surface area contributed by atoms with Crippen LogP contribution in [-0.4, -0.2) is 93.9 Å². The molecule has 1 aromatic rings. The quantitative estimate of drug-likeness (QED) is 0.274. The SMILES string of the molecule is CC(=O)Nc1ccc(O[C@@H]2C=C[C@H](OC3OC(CO)[C@@H](O)[C@H](O)[C@H]3O)C(CO)O2)cc1. The summed E-state index contributed by atoms with van der Waals surface area (Å²) in [5, 5.41) is 51.4. The van der Waals surface area contributed by atoms with Crippen LogP contribution in [0, 0.1) is 0 Å². The molecule has 3 unspecified atom stereocenters. The Labute approximate surface area is 178 Å². The predicted octanol–water partition coefficient (Wildman–Crippen LogP) is -1.52. The number of anilines is 1. The number of benzene rings is 1. The molecule has 11 nitrogen and oxygen atoms in total. The van der Waals surface area contributed by atoms with Gasteiger partial charge in [0.05, 0.1) is 13.2 Å². The molecule has 0 spiro atoms. The number of amides is 1. The Balaban J connectivity index is 1.62. The van der Waals surface area contributed by atoms with Crippen molar-refractivity contribution in [2.75, 3.05) is 18.5 Å². The molecule has 31 heavy (non-hydrogen) atoms. The summed E-state index contributed by atoms with van der Waals surface area (Å²) in [4.78, 5) is 11.1. The van der Waals surface area contributed by atoms with Gasteiger partial charge in [0.15, 0.2) is 6.29 Å². The highest BCUT2D eigenvalue weighted by Crippen LogP contribution is 2.27. The van der Waals surface area contributed by atoms with Gasteiger partial charge in [-0.25, -0.2) is 0 Å². The van der Waals surface area contributed by atoms with Gasteiger partial charge in [0.2, 0.25) is 12.2 Å². The van der Waals surface area contributed by atoms with Crippen molar-refractivity contribution in [2.24, 2.45) is 0 Å². The summed E-state index contributed by atoms with van der Waals surface area (Å²) in [6.45, 7) is 0.387. The molecule has 1 saturated heterocycles. The van der Waals surface area contributed by atoms with E-state index in [1.807, 2.05) is 0 Å². The molecule has 172 valence electrons. The lowest BCUT2D eigenvalue weighted by atomic mass is 9.99. The van der Waals surface area contributed by atoms with E-state index in [0.29, 0.717) is 11.4 Å². The van der Waals surface area contributed by atoms with E-state index in [2.05, 4.69) is 5.32 Å². The van der Waals surface area contributed by atoms with Crippen molar-refractivity contribution in [1.29, 1.82) is 0 Å². The Kier molecular flexibility index (Phi) is 7.97. The van der Waals surface area contributed by atoms with Gasteiger partial charge in [-0.15, -0.1) is 0 Å². The maximum atomic E-state index is 11.1. The first-order valence-electron chi connectivity index (χ1n) is 9.77. The fourth-order valence-corrected chi connectivity index (χ4v) is 3.26. The smallest absolute Gasteiger partial charge is 0.221 e. The predicted molar refractivity (Wildman–Crippen MR) is 105 cm³/mol. The zero-order chi connectivity index (χ0) is 22.5. The lowest BCUT2D eigenvalue weighted by Gasteiger charge is -2.42. The Morgan fingerprint density at radius 3 is 2.26 bits per heavy atom. The minimum absolute atomic E-state index is 0.191. The normalized spacial score (nSPS) is 35.5. The maximum Gasteiger partial charge on any atom is 0.221 e. The molecule has 11 heteroatoms. The van der Waals surface area contributed by atoms with Gasteiger partial charge in [0.25, 0.3) is 0 Å². The molecule has 8 atom stereocenters. The van der Waals surface area contributed by atoms with E-state index < -0.39 is 62.4 Å². The minimum Gasteiger partial charge on any atom is -0.461 e. The summed E-state index contributed by atoms with van der Waals surface area (Å²) in [6, 6.07) is 6.62. The number of carbonyl (C=O) groups excluding carboxylic acids is 1. The fraction of sp³-hybridized carbons (Fsp3) is 0.550. The van der Waals surface area contributed by atoms with Gasteiger partial charge in [-0.05, 0) is 30.3 Å². The van der Waals surface area contributed by atoms with E-state index in [1.54, 1.807) is 36.4 Å². The van der Waals surface area contributed by atoms with Crippen LogP contribution in [0.25, 0.3) is 0 Å². The average Bonchev–Trinajstić information content (AvgIpc) is 2.76. The van der Waals surface area contributed by atoms with Gasteiger partial charge < -0.3 is 49.8 Å².